The first-order chi connectivity index (χ1) is 14.1. The van der Waals surface area contributed by atoms with Crippen LogP contribution in [-0.4, -0.2) is 41.8 Å². The molecule has 0 spiro atoms. The fraction of sp³-hybridized carbons (Fsp3) is 0.350. The summed E-state index contributed by atoms with van der Waals surface area (Å²) in [5, 5.41) is 36.3. The highest BCUT2D eigenvalue weighted by molar-refractivity contribution is 5.71. The van der Waals surface area contributed by atoms with Gasteiger partial charge < -0.3 is 15.5 Å². The summed E-state index contributed by atoms with van der Waals surface area (Å²) in [5.41, 5.74) is 1.92. The number of hydrogen-bond donors (Lipinski definition) is 4. The molecule has 0 aliphatic heterocycles. The molecule has 3 aromatic rings. The highest BCUT2D eigenvalue weighted by Gasteiger charge is 2.32. The Morgan fingerprint density at radius 1 is 1.17 bits per heavy atom. The molecule has 2 heterocycles. The van der Waals surface area contributed by atoms with E-state index in [9.17, 15) is 15.0 Å². The largest absolute Gasteiger partial charge is 0.508 e. The van der Waals surface area contributed by atoms with E-state index in [1.807, 2.05) is 31.2 Å². The number of nitrogens with zero attached hydrogens (tertiary/aromatic N) is 4. The number of nitrogens with one attached hydrogen (secondary N) is 2. The van der Waals surface area contributed by atoms with Crippen molar-refractivity contribution < 1.29 is 15.0 Å². The van der Waals surface area contributed by atoms with E-state index in [2.05, 4.69) is 30.9 Å². The molecule has 3 rings (SSSR count). The van der Waals surface area contributed by atoms with Crippen LogP contribution in [0, 0.1) is 5.92 Å². The Morgan fingerprint density at radius 3 is 2.52 bits per heavy atom. The highest BCUT2D eigenvalue weighted by atomic mass is 16.4. The lowest BCUT2D eigenvalue weighted by molar-refractivity contribution is -0.142. The Labute approximate surface area is 168 Å². The number of carboxylic acid groups (broad SMARTS) is 1. The van der Waals surface area contributed by atoms with Crippen LogP contribution < -0.4 is 5.32 Å². The molecule has 2 atom stereocenters. The molecule has 152 valence electrons. The van der Waals surface area contributed by atoms with Crippen molar-refractivity contribution in [2.24, 2.45) is 5.92 Å². The Bertz CT molecular complexity index is 897. The number of tetrazole rings is 1. The van der Waals surface area contributed by atoms with Crippen LogP contribution in [0.5, 0.6) is 5.75 Å². The van der Waals surface area contributed by atoms with Gasteiger partial charge in [0.05, 0.1) is 5.92 Å². The van der Waals surface area contributed by atoms with Gasteiger partial charge in [0.25, 0.3) is 0 Å². The zero-order chi connectivity index (χ0) is 20.6. The standard InChI is InChI=1S/C20H24N6O3/c1-2-3-16(20(28)29)17(19-23-25-26-24-19)10-14-6-9-18(22-12-14)21-11-13-4-7-15(27)8-5-13/h4-9,12,16-17,27H,2-3,10-11H2,1H3,(H,21,22)(H,28,29)(H,23,24,25,26). The van der Waals surface area contributed by atoms with Gasteiger partial charge in [0, 0.05) is 18.7 Å². The molecule has 2 unspecified atom stereocenters. The number of H-pyrrole nitrogens is 1. The van der Waals surface area contributed by atoms with Gasteiger partial charge in [-0.3, -0.25) is 4.79 Å². The van der Waals surface area contributed by atoms with Gasteiger partial charge in [-0.15, -0.1) is 10.2 Å². The van der Waals surface area contributed by atoms with Gasteiger partial charge in [-0.1, -0.05) is 36.8 Å². The van der Waals surface area contributed by atoms with E-state index in [0.717, 1.165) is 17.5 Å². The third-order valence-electron chi connectivity index (χ3n) is 4.79. The van der Waals surface area contributed by atoms with Crippen LogP contribution in [0.4, 0.5) is 5.82 Å². The molecule has 4 N–H and O–H groups in total. The maximum atomic E-state index is 11.8. The van der Waals surface area contributed by atoms with Gasteiger partial charge in [-0.25, -0.2) is 4.98 Å². The number of carbonyl (C=O) groups is 1. The number of hydrogen-bond acceptors (Lipinski definition) is 7. The van der Waals surface area contributed by atoms with Gasteiger partial charge in [0.2, 0.25) is 0 Å². The van der Waals surface area contributed by atoms with Crippen LogP contribution in [0.3, 0.4) is 0 Å². The summed E-state index contributed by atoms with van der Waals surface area (Å²) in [5.74, 6) is -0.493. The smallest absolute Gasteiger partial charge is 0.307 e. The zero-order valence-corrected chi connectivity index (χ0v) is 16.1. The summed E-state index contributed by atoms with van der Waals surface area (Å²) in [6.07, 6.45) is 3.48. The van der Waals surface area contributed by atoms with Crippen LogP contribution in [0.25, 0.3) is 0 Å². The van der Waals surface area contributed by atoms with E-state index < -0.39 is 11.9 Å². The summed E-state index contributed by atoms with van der Waals surface area (Å²) < 4.78 is 0. The number of pyridine rings is 1. The molecule has 0 saturated heterocycles. The first-order valence-electron chi connectivity index (χ1n) is 9.49. The third kappa shape index (κ3) is 5.50. The Balaban J connectivity index is 1.68. The SMILES string of the molecule is CCCC(C(=O)O)C(Cc1ccc(NCc2ccc(O)cc2)nc1)c1nn[nH]n1. The second kappa shape index (κ2) is 9.63. The molecule has 1 aromatic carbocycles. The first kappa shape index (κ1) is 20.2. The number of aromatic amines is 1. The molecule has 0 aliphatic carbocycles. The summed E-state index contributed by atoms with van der Waals surface area (Å²) in [6, 6.07) is 10.7. The maximum Gasteiger partial charge on any atom is 0.307 e. The average molecular weight is 396 g/mol. The van der Waals surface area contributed by atoms with E-state index in [0.29, 0.717) is 31.0 Å². The number of aliphatic carboxylic acids is 1. The van der Waals surface area contributed by atoms with Crippen molar-refractivity contribution in [3.8, 4) is 5.75 Å². The number of aromatic hydroxyl groups is 1. The van der Waals surface area contributed by atoms with Gasteiger partial charge in [0.1, 0.15) is 11.6 Å². The molecule has 0 saturated carbocycles. The second-order valence-corrected chi connectivity index (χ2v) is 6.89. The topological polar surface area (TPSA) is 137 Å². The highest BCUT2D eigenvalue weighted by Crippen LogP contribution is 2.29. The van der Waals surface area contributed by atoms with Crippen molar-refractivity contribution in [1.82, 2.24) is 25.6 Å². The van der Waals surface area contributed by atoms with Crippen LogP contribution >= 0.6 is 0 Å². The molecule has 9 heteroatoms. The van der Waals surface area contributed by atoms with Crippen molar-refractivity contribution in [2.45, 2.75) is 38.6 Å². The summed E-state index contributed by atoms with van der Waals surface area (Å²) in [4.78, 5) is 16.2. The van der Waals surface area contributed by atoms with Gasteiger partial charge >= 0.3 is 5.97 Å². The lowest BCUT2D eigenvalue weighted by atomic mass is 9.83. The fourth-order valence-corrected chi connectivity index (χ4v) is 3.26. The van der Waals surface area contributed by atoms with Crippen molar-refractivity contribution in [2.75, 3.05) is 5.32 Å². The van der Waals surface area contributed by atoms with Gasteiger partial charge in [-0.2, -0.15) is 5.21 Å². The fourth-order valence-electron chi connectivity index (χ4n) is 3.26. The van der Waals surface area contributed by atoms with Crippen LogP contribution in [-0.2, 0) is 17.8 Å². The number of benzene rings is 1. The normalized spacial score (nSPS) is 13.0. The number of anilines is 1. The van der Waals surface area contributed by atoms with Crippen molar-refractivity contribution in [1.29, 1.82) is 0 Å². The average Bonchev–Trinajstić information content (AvgIpc) is 3.25. The third-order valence-corrected chi connectivity index (χ3v) is 4.79. The Morgan fingerprint density at radius 2 is 1.93 bits per heavy atom. The van der Waals surface area contributed by atoms with E-state index in [1.165, 1.54) is 0 Å². The summed E-state index contributed by atoms with van der Waals surface area (Å²) in [7, 11) is 0. The molecular formula is C20H24N6O3. The van der Waals surface area contributed by atoms with Crippen LogP contribution in [0.2, 0.25) is 0 Å². The Hall–Kier alpha value is -3.49. The number of rotatable bonds is 10. The lowest BCUT2D eigenvalue weighted by Gasteiger charge is -2.21. The van der Waals surface area contributed by atoms with Crippen molar-refractivity contribution in [3.05, 3.63) is 59.5 Å². The van der Waals surface area contributed by atoms with Crippen molar-refractivity contribution >= 4 is 11.8 Å². The first-order valence-corrected chi connectivity index (χ1v) is 9.49. The molecule has 0 fully saturated rings. The van der Waals surface area contributed by atoms with Crippen LogP contribution in [0.1, 0.15) is 42.6 Å². The molecule has 0 aliphatic rings. The molecule has 9 nitrogen and oxygen atoms in total. The van der Waals surface area contributed by atoms with Crippen molar-refractivity contribution in [3.63, 3.8) is 0 Å². The number of phenols is 1. The van der Waals surface area contributed by atoms with Gasteiger partial charge in [0.15, 0.2) is 5.82 Å². The predicted molar refractivity (Wildman–Crippen MR) is 106 cm³/mol. The number of carboxylic acids is 1. The van der Waals surface area contributed by atoms with E-state index in [4.69, 9.17) is 0 Å². The Kier molecular flexibility index (Phi) is 6.72. The monoisotopic (exact) mass is 396 g/mol. The minimum atomic E-state index is -0.859. The van der Waals surface area contributed by atoms with E-state index in [-0.39, 0.29) is 11.7 Å². The molecular weight excluding hydrogens is 372 g/mol. The summed E-state index contributed by atoms with van der Waals surface area (Å²) in [6.45, 7) is 2.54. The molecule has 0 radical (unpaired) electrons. The summed E-state index contributed by atoms with van der Waals surface area (Å²) >= 11 is 0. The minimum Gasteiger partial charge on any atom is -0.508 e. The second-order valence-electron chi connectivity index (χ2n) is 6.89. The molecule has 2 aromatic heterocycles. The molecule has 29 heavy (non-hydrogen) atoms. The van der Waals surface area contributed by atoms with Gasteiger partial charge in [-0.05, 0) is 42.2 Å². The molecule has 0 amide bonds. The number of phenolic OH excluding ortho intramolecular Hbond substituents is 1. The lowest BCUT2D eigenvalue weighted by Crippen LogP contribution is -2.25. The maximum absolute atomic E-state index is 11.8. The minimum absolute atomic E-state index is 0.232. The van der Waals surface area contributed by atoms with E-state index in [1.54, 1.807) is 18.3 Å². The quantitative estimate of drug-likeness (QED) is 0.410. The predicted octanol–water partition coefficient (Wildman–Crippen LogP) is 2.74. The van der Waals surface area contributed by atoms with E-state index >= 15 is 0 Å². The molecule has 0 bridgehead atoms. The zero-order valence-electron chi connectivity index (χ0n) is 16.1. The number of aromatic nitrogens is 5. The van der Waals surface area contributed by atoms with Crippen LogP contribution in [0.15, 0.2) is 42.6 Å².